The molecule has 0 aromatic carbocycles. The molecular formula is C12H18N2O6S. The van der Waals surface area contributed by atoms with Crippen LogP contribution in [0.4, 0.5) is 0 Å². The van der Waals surface area contributed by atoms with Crippen LogP contribution in [0.3, 0.4) is 0 Å². The summed E-state index contributed by atoms with van der Waals surface area (Å²) in [7, 11) is -2.74. The fourth-order valence-electron chi connectivity index (χ4n) is 1.60. The Balaban J connectivity index is 2.94. The van der Waals surface area contributed by atoms with Gasteiger partial charge < -0.3 is 14.8 Å². The molecule has 1 aromatic rings. The van der Waals surface area contributed by atoms with Crippen LogP contribution in [0.1, 0.15) is 29.7 Å². The van der Waals surface area contributed by atoms with Gasteiger partial charge in [-0.2, -0.15) is 4.31 Å². The quantitative estimate of drug-likeness (QED) is 0.753. The van der Waals surface area contributed by atoms with E-state index in [1.807, 2.05) is 6.92 Å². The van der Waals surface area contributed by atoms with E-state index in [-0.39, 0.29) is 17.2 Å². The average molecular weight is 318 g/mol. The Labute approximate surface area is 122 Å². The number of nitrogens with one attached hydrogen (secondary N) is 1. The van der Waals surface area contributed by atoms with Crippen molar-refractivity contribution in [1.82, 2.24) is 9.62 Å². The second-order valence-electron chi connectivity index (χ2n) is 4.45. The summed E-state index contributed by atoms with van der Waals surface area (Å²) in [5.74, 6) is -2.28. The van der Waals surface area contributed by atoms with Gasteiger partial charge in [0.05, 0.1) is 6.54 Å². The molecule has 0 aliphatic carbocycles. The van der Waals surface area contributed by atoms with E-state index >= 15 is 0 Å². The number of carboxylic acid groups (broad SMARTS) is 1. The number of sulfonamides is 1. The zero-order valence-electron chi connectivity index (χ0n) is 12.0. The lowest BCUT2D eigenvalue weighted by molar-refractivity contribution is -0.121. The second kappa shape index (κ2) is 6.72. The number of furan rings is 1. The number of amides is 1. The molecule has 0 bridgehead atoms. The van der Waals surface area contributed by atoms with Gasteiger partial charge in [-0.25, -0.2) is 13.2 Å². The number of likely N-dealkylation sites (N-methyl/N-ethyl adjacent to an activating group) is 1. The van der Waals surface area contributed by atoms with Crippen molar-refractivity contribution in [2.24, 2.45) is 0 Å². The van der Waals surface area contributed by atoms with E-state index in [2.05, 4.69) is 5.32 Å². The molecule has 21 heavy (non-hydrogen) atoms. The topological polar surface area (TPSA) is 117 Å². The van der Waals surface area contributed by atoms with E-state index in [0.29, 0.717) is 6.54 Å². The fraction of sp³-hybridized carbons (Fsp3) is 0.500. The van der Waals surface area contributed by atoms with Gasteiger partial charge in [-0.1, -0.05) is 6.92 Å². The highest BCUT2D eigenvalue weighted by molar-refractivity contribution is 7.89. The Morgan fingerprint density at radius 2 is 2.05 bits per heavy atom. The first kappa shape index (κ1) is 17.2. The number of carbonyl (C=O) groups is 2. The number of rotatable bonds is 7. The first-order chi connectivity index (χ1) is 9.70. The van der Waals surface area contributed by atoms with Crippen LogP contribution in [-0.2, 0) is 14.8 Å². The highest BCUT2D eigenvalue weighted by Gasteiger charge is 2.28. The molecule has 1 aromatic heterocycles. The van der Waals surface area contributed by atoms with Crippen molar-refractivity contribution in [3.05, 3.63) is 17.6 Å². The molecular weight excluding hydrogens is 300 g/mol. The Kier molecular flexibility index (Phi) is 5.50. The SMILES string of the molecule is CCCNC(=O)CN(C)S(=O)(=O)c1cc(C(=O)O)oc1C. The van der Waals surface area contributed by atoms with Crippen LogP contribution in [0.5, 0.6) is 0 Å². The lowest BCUT2D eigenvalue weighted by Crippen LogP contribution is -2.38. The van der Waals surface area contributed by atoms with Gasteiger partial charge in [0.25, 0.3) is 0 Å². The minimum absolute atomic E-state index is 0.0341. The first-order valence-electron chi connectivity index (χ1n) is 6.27. The normalized spacial score (nSPS) is 11.6. The van der Waals surface area contributed by atoms with Gasteiger partial charge in [0, 0.05) is 19.7 Å². The summed E-state index contributed by atoms with van der Waals surface area (Å²) in [5.41, 5.74) is 0. The summed E-state index contributed by atoms with van der Waals surface area (Å²) < 4.78 is 30.3. The highest BCUT2D eigenvalue weighted by atomic mass is 32.2. The van der Waals surface area contributed by atoms with Crippen LogP contribution in [0.25, 0.3) is 0 Å². The number of aromatic carboxylic acids is 1. The predicted octanol–water partition coefficient (Wildman–Crippen LogP) is 0.433. The molecule has 118 valence electrons. The van der Waals surface area contributed by atoms with Crippen molar-refractivity contribution in [2.45, 2.75) is 25.2 Å². The summed E-state index contributed by atoms with van der Waals surface area (Å²) in [6.07, 6.45) is 0.741. The Morgan fingerprint density at radius 1 is 1.43 bits per heavy atom. The third-order valence-corrected chi connectivity index (χ3v) is 4.62. The monoisotopic (exact) mass is 318 g/mol. The molecule has 0 spiro atoms. The molecule has 0 saturated carbocycles. The molecule has 0 atom stereocenters. The number of carboxylic acids is 1. The Bertz CT molecular complexity index is 634. The van der Waals surface area contributed by atoms with Crippen molar-refractivity contribution < 1.29 is 27.5 Å². The number of aryl methyl sites for hydroxylation is 1. The largest absolute Gasteiger partial charge is 0.475 e. The maximum absolute atomic E-state index is 12.3. The van der Waals surface area contributed by atoms with Crippen molar-refractivity contribution in [2.75, 3.05) is 20.1 Å². The van der Waals surface area contributed by atoms with E-state index in [1.54, 1.807) is 0 Å². The molecule has 8 nitrogen and oxygen atoms in total. The van der Waals surface area contributed by atoms with Crippen molar-refractivity contribution in [3.63, 3.8) is 0 Å². The maximum atomic E-state index is 12.3. The van der Waals surface area contributed by atoms with E-state index in [4.69, 9.17) is 9.52 Å². The van der Waals surface area contributed by atoms with Crippen molar-refractivity contribution in [3.8, 4) is 0 Å². The third kappa shape index (κ3) is 4.05. The first-order valence-corrected chi connectivity index (χ1v) is 7.71. The predicted molar refractivity (Wildman–Crippen MR) is 73.5 cm³/mol. The number of carbonyl (C=O) groups excluding carboxylic acids is 1. The molecule has 1 heterocycles. The Hall–Kier alpha value is -1.87. The van der Waals surface area contributed by atoms with Gasteiger partial charge in [-0.05, 0) is 13.3 Å². The van der Waals surface area contributed by atoms with E-state index in [1.165, 1.54) is 14.0 Å². The number of hydrogen-bond donors (Lipinski definition) is 2. The molecule has 1 rings (SSSR count). The summed E-state index contributed by atoms with van der Waals surface area (Å²) in [4.78, 5) is 22.1. The molecule has 0 radical (unpaired) electrons. The highest BCUT2D eigenvalue weighted by Crippen LogP contribution is 2.22. The minimum Gasteiger partial charge on any atom is -0.475 e. The van der Waals surface area contributed by atoms with Crippen molar-refractivity contribution >= 4 is 21.9 Å². The van der Waals surface area contributed by atoms with Crippen LogP contribution in [0, 0.1) is 6.92 Å². The van der Waals surface area contributed by atoms with E-state index < -0.39 is 27.7 Å². The lowest BCUT2D eigenvalue weighted by atomic mass is 10.4. The molecule has 1 amide bonds. The zero-order valence-corrected chi connectivity index (χ0v) is 12.9. The average Bonchev–Trinajstić information content (AvgIpc) is 2.79. The summed E-state index contributed by atoms with van der Waals surface area (Å²) in [6.45, 7) is 3.34. The second-order valence-corrected chi connectivity index (χ2v) is 6.46. The minimum atomic E-state index is -3.99. The molecule has 9 heteroatoms. The van der Waals surface area contributed by atoms with Gasteiger partial charge in [0.2, 0.25) is 21.7 Å². The van der Waals surface area contributed by atoms with Crippen LogP contribution in [-0.4, -0.2) is 49.8 Å². The molecule has 0 fully saturated rings. The summed E-state index contributed by atoms with van der Waals surface area (Å²) in [5, 5.41) is 11.4. The van der Waals surface area contributed by atoms with Crippen LogP contribution in [0.2, 0.25) is 0 Å². The van der Waals surface area contributed by atoms with Gasteiger partial charge in [0.15, 0.2) is 0 Å². The smallest absolute Gasteiger partial charge is 0.371 e. The van der Waals surface area contributed by atoms with Gasteiger partial charge in [-0.3, -0.25) is 4.79 Å². The third-order valence-electron chi connectivity index (χ3n) is 2.71. The fourth-order valence-corrected chi connectivity index (χ4v) is 2.89. The van der Waals surface area contributed by atoms with Gasteiger partial charge in [-0.15, -0.1) is 0 Å². The molecule has 2 N–H and O–H groups in total. The van der Waals surface area contributed by atoms with Crippen LogP contribution >= 0.6 is 0 Å². The molecule has 0 aliphatic heterocycles. The molecule has 0 saturated heterocycles. The number of nitrogens with zero attached hydrogens (tertiary/aromatic N) is 1. The van der Waals surface area contributed by atoms with E-state index in [0.717, 1.165) is 16.8 Å². The summed E-state index contributed by atoms with van der Waals surface area (Å²) >= 11 is 0. The van der Waals surface area contributed by atoms with Crippen LogP contribution < -0.4 is 5.32 Å². The Morgan fingerprint density at radius 3 is 2.52 bits per heavy atom. The molecule has 0 unspecified atom stereocenters. The van der Waals surface area contributed by atoms with Crippen molar-refractivity contribution in [1.29, 1.82) is 0 Å². The lowest BCUT2D eigenvalue weighted by Gasteiger charge is -2.16. The van der Waals surface area contributed by atoms with E-state index in [9.17, 15) is 18.0 Å². The van der Waals surface area contributed by atoms with Gasteiger partial charge in [0.1, 0.15) is 10.7 Å². The standard InChI is InChI=1S/C12H18N2O6S/c1-4-5-13-11(15)7-14(3)21(18,19)10-6-9(12(16)17)20-8(10)2/h6H,4-5,7H2,1-3H3,(H,13,15)(H,16,17). The zero-order chi connectivity index (χ0) is 16.2. The maximum Gasteiger partial charge on any atom is 0.371 e. The number of hydrogen-bond acceptors (Lipinski definition) is 5. The molecule has 0 aliphatic rings. The van der Waals surface area contributed by atoms with Crippen LogP contribution in [0.15, 0.2) is 15.4 Å². The van der Waals surface area contributed by atoms with Gasteiger partial charge >= 0.3 is 5.97 Å². The summed E-state index contributed by atoms with van der Waals surface area (Å²) in [6, 6.07) is 0.938.